The Kier molecular flexibility index (Phi) is 20.1. The SMILES string of the molecule is CCCCCCCCCCCCCCCCCC[N+](C)(C)CCC[Si](O)(O)O[SiH2]C. The Bertz CT molecular complexity index is 368. The van der Waals surface area contributed by atoms with E-state index in [0.29, 0.717) is 6.04 Å². The van der Waals surface area contributed by atoms with Crippen LogP contribution < -0.4 is 0 Å². The molecule has 0 rings (SSSR count). The lowest BCUT2D eigenvalue weighted by Crippen LogP contribution is -2.44. The molecule has 0 aromatic carbocycles. The van der Waals surface area contributed by atoms with Crippen LogP contribution in [-0.4, -0.2) is 59.8 Å². The second-order valence-electron chi connectivity index (χ2n) is 9.97. The van der Waals surface area contributed by atoms with Gasteiger partial charge in [0, 0.05) is 12.5 Å². The van der Waals surface area contributed by atoms with Gasteiger partial charge in [-0.2, -0.15) is 0 Å². The van der Waals surface area contributed by atoms with Gasteiger partial charge in [-0.05, 0) is 12.8 Å². The minimum absolute atomic E-state index is 0.453. The van der Waals surface area contributed by atoms with Crippen molar-refractivity contribution in [1.82, 2.24) is 0 Å². The van der Waals surface area contributed by atoms with Crippen molar-refractivity contribution in [3.05, 3.63) is 0 Å². The van der Waals surface area contributed by atoms with E-state index < -0.39 is 18.6 Å². The van der Waals surface area contributed by atoms with E-state index in [9.17, 15) is 9.59 Å². The van der Waals surface area contributed by atoms with E-state index in [-0.39, 0.29) is 0 Å². The molecule has 0 unspecified atom stereocenters. The first-order valence-corrected chi connectivity index (χ1v) is 17.2. The summed E-state index contributed by atoms with van der Waals surface area (Å²) in [5, 5.41) is 0. The Morgan fingerprint density at radius 1 is 0.633 bits per heavy atom. The van der Waals surface area contributed by atoms with Crippen LogP contribution in [0.4, 0.5) is 0 Å². The maximum Gasteiger partial charge on any atom is 0.484 e. The standard InChI is InChI=1S/C24H56NO3Si2/c1-5-6-7-8-9-10-11-12-13-14-15-16-17-18-19-20-22-25(2,3)23-21-24-30(26,27)28-29-4/h26-27H,5-24,29H2,1-4H3/q+1. The van der Waals surface area contributed by atoms with Gasteiger partial charge in [0.25, 0.3) is 0 Å². The van der Waals surface area contributed by atoms with Crippen LogP contribution in [0, 0.1) is 0 Å². The van der Waals surface area contributed by atoms with Crippen molar-refractivity contribution in [3.63, 3.8) is 0 Å². The van der Waals surface area contributed by atoms with Crippen LogP contribution in [0.15, 0.2) is 0 Å². The number of quaternary nitrogens is 1. The van der Waals surface area contributed by atoms with Gasteiger partial charge >= 0.3 is 8.80 Å². The number of unbranched alkanes of at least 4 members (excludes halogenated alkanes) is 15. The molecule has 0 aromatic rings. The monoisotopic (exact) mass is 462 g/mol. The molecule has 0 heterocycles. The molecule has 0 aromatic heterocycles. The molecule has 4 nitrogen and oxygen atoms in total. The maximum atomic E-state index is 9.84. The number of rotatable bonds is 23. The summed E-state index contributed by atoms with van der Waals surface area (Å²) in [6.07, 6.45) is 23.4. The van der Waals surface area contributed by atoms with Crippen LogP contribution in [0.25, 0.3) is 0 Å². The molecule has 0 fully saturated rings. The highest BCUT2D eigenvalue weighted by atomic mass is 28.4. The summed E-state index contributed by atoms with van der Waals surface area (Å²) in [4.78, 5) is 19.7. The zero-order valence-corrected chi connectivity index (χ0v) is 23.5. The van der Waals surface area contributed by atoms with Crippen LogP contribution in [0.5, 0.6) is 0 Å². The van der Waals surface area contributed by atoms with E-state index >= 15 is 0 Å². The van der Waals surface area contributed by atoms with Gasteiger partial charge in [0.2, 0.25) is 0 Å². The first kappa shape index (κ1) is 30.3. The molecule has 0 aliphatic heterocycles. The van der Waals surface area contributed by atoms with E-state index in [1.54, 1.807) is 0 Å². The third kappa shape index (κ3) is 21.5. The highest BCUT2D eigenvalue weighted by Gasteiger charge is 2.31. The van der Waals surface area contributed by atoms with Crippen molar-refractivity contribution in [3.8, 4) is 0 Å². The van der Waals surface area contributed by atoms with E-state index in [1.165, 1.54) is 109 Å². The molecule has 0 saturated heterocycles. The third-order valence-electron chi connectivity index (χ3n) is 6.26. The minimum atomic E-state index is -3.33. The number of nitrogens with zero attached hydrogens (tertiary/aromatic N) is 1. The number of hydrogen-bond donors (Lipinski definition) is 2. The lowest BCUT2D eigenvalue weighted by Gasteiger charge is -2.30. The smallest absolute Gasteiger partial charge is 0.422 e. The average molecular weight is 463 g/mol. The van der Waals surface area contributed by atoms with Crippen molar-refractivity contribution in [2.45, 2.75) is 129 Å². The lowest BCUT2D eigenvalue weighted by molar-refractivity contribution is -0.890. The molecule has 2 N–H and O–H groups in total. The molecular formula is C24H56NO3Si2+. The lowest BCUT2D eigenvalue weighted by atomic mass is 10.0. The molecule has 0 aliphatic carbocycles. The molecule has 0 atom stereocenters. The molecule has 30 heavy (non-hydrogen) atoms. The highest BCUT2D eigenvalue weighted by molar-refractivity contribution is 6.63. The van der Waals surface area contributed by atoms with Crippen LogP contribution in [-0.2, 0) is 4.12 Å². The van der Waals surface area contributed by atoms with Crippen molar-refractivity contribution >= 4 is 18.6 Å². The summed E-state index contributed by atoms with van der Waals surface area (Å²) in [5.41, 5.74) is 0. The summed E-state index contributed by atoms with van der Waals surface area (Å²) in [6, 6.07) is 0.453. The topological polar surface area (TPSA) is 49.7 Å². The van der Waals surface area contributed by atoms with Gasteiger partial charge in [-0.3, -0.25) is 0 Å². The van der Waals surface area contributed by atoms with E-state index in [4.69, 9.17) is 4.12 Å². The van der Waals surface area contributed by atoms with Gasteiger partial charge in [-0.1, -0.05) is 103 Å². The first-order chi connectivity index (χ1) is 14.3. The molecule has 0 amide bonds. The fourth-order valence-corrected chi connectivity index (χ4v) is 7.29. The van der Waals surface area contributed by atoms with Gasteiger partial charge in [0.05, 0.1) is 27.2 Å². The Hall–Kier alpha value is 0.274. The van der Waals surface area contributed by atoms with Crippen molar-refractivity contribution < 1.29 is 18.2 Å². The van der Waals surface area contributed by atoms with Gasteiger partial charge in [-0.25, -0.2) is 0 Å². The van der Waals surface area contributed by atoms with Crippen LogP contribution in [0.3, 0.4) is 0 Å². The maximum absolute atomic E-state index is 9.84. The van der Waals surface area contributed by atoms with Crippen molar-refractivity contribution in [1.29, 1.82) is 0 Å². The zero-order valence-electron chi connectivity index (χ0n) is 21.1. The highest BCUT2D eigenvalue weighted by Crippen LogP contribution is 2.15. The van der Waals surface area contributed by atoms with Gasteiger partial charge in [-0.15, -0.1) is 0 Å². The van der Waals surface area contributed by atoms with Crippen molar-refractivity contribution in [2.75, 3.05) is 27.2 Å². The molecule has 182 valence electrons. The number of hydrogen-bond acceptors (Lipinski definition) is 3. The van der Waals surface area contributed by atoms with E-state index in [1.807, 2.05) is 6.55 Å². The largest absolute Gasteiger partial charge is 0.484 e. The second kappa shape index (κ2) is 19.9. The Labute approximate surface area is 192 Å². The summed E-state index contributed by atoms with van der Waals surface area (Å²) in [7, 11) is 0.465. The van der Waals surface area contributed by atoms with E-state index in [0.717, 1.165) is 17.4 Å². The van der Waals surface area contributed by atoms with Gasteiger partial charge < -0.3 is 18.2 Å². The molecule has 0 saturated carbocycles. The Balaban J connectivity index is 3.38. The summed E-state index contributed by atoms with van der Waals surface area (Å²) in [6.45, 7) is 6.43. The predicted octanol–water partition coefficient (Wildman–Crippen LogP) is 5.79. The fraction of sp³-hybridized carbons (Fsp3) is 1.00. The average Bonchev–Trinajstić information content (AvgIpc) is 2.67. The Morgan fingerprint density at radius 2 is 1.00 bits per heavy atom. The molecule has 0 radical (unpaired) electrons. The van der Waals surface area contributed by atoms with E-state index in [2.05, 4.69) is 21.0 Å². The molecule has 6 heteroatoms. The Morgan fingerprint density at radius 3 is 1.40 bits per heavy atom. The van der Waals surface area contributed by atoms with Crippen LogP contribution >= 0.6 is 0 Å². The first-order valence-electron chi connectivity index (χ1n) is 13.2. The second-order valence-corrected chi connectivity index (χ2v) is 13.7. The van der Waals surface area contributed by atoms with Crippen molar-refractivity contribution in [2.24, 2.45) is 0 Å². The summed E-state index contributed by atoms with van der Waals surface area (Å²) < 4.78 is 6.20. The predicted molar refractivity (Wildman–Crippen MR) is 136 cm³/mol. The zero-order chi connectivity index (χ0) is 22.6. The summed E-state index contributed by atoms with van der Waals surface area (Å²) in [5.74, 6) is 0. The third-order valence-corrected chi connectivity index (χ3v) is 10.3. The van der Waals surface area contributed by atoms with Crippen LogP contribution in [0.1, 0.15) is 116 Å². The van der Waals surface area contributed by atoms with Gasteiger partial charge in [0.15, 0.2) is 0 Å². The van der Waals surface area contributed by atoms with Crippen LogP contribution in [0.2, 0.25) is 12.6 Å². The molecule has 0 bridgehead atoms. The normalized spacial score (nSPS) is 13.0. The molecule has 0 spiro atoms. The minimum Gasteiger partial charge on any atom is -0.422 e. The summed E-state index contributed by atoms with van der Waals surface area (Å²) >= 11 is 0. The quantitative estimate of drug-likeness (QED) is 0.115. The fourth-order valence-electron chi connectivity index (χ4n) is 4.24. The molecular weight excluding hydrogens is 406 g/mol. The molecule has 0 aliphatic rings. The van der Waals surface area contributed by atoms with Gasteiger partial charge in [0.1, 0.15) is 9.76 Å².